The predicted molar refractivity (Wildman–Crippen MR) is 113 cm³/mol. The van der Waals surface area contributed by atoms with Crippen molar-refractivity contribution in [2.45, 2.75) is 12.8 Å². The summed E-state index contributed by atoms with van der Waals surface area (Å²) in [5, 5.41) is 2.91. The maximum absolute atomic E-state index is 12.7. The molecule has 3 aromatic rings. The molecule has 2 heterocycles. The lowest BCUT2D eigenvalue weighted by Crippen LogP contribution is -2.46. The summed E-state index contributed by atoms with van der Waals surface area (Å²) in [6.07, 6.45) is 2.98. The molecule has 1 fully saturated rings. The Bertz CT molecular complexity index is 1030. The van der Waals surface area contributed by atoms with E-state index in [2.05, 4.69) is 5.32 Å². The number of carbonyl (C=O) groups is 3. The van der Waals surface area contributed by atoms with E-state index in [1.807, 2.05) is 36.4 Å². The van der Waals surface area contributed by atoms with Crippen molar-refractivity contribution in [3.8, 4) is 11.3 Å². The van der Waals surface area contributed by atoms with Crippen LogP contribution in [0.5, 0.6) is 0 Å². The zero-order chi connectivity index (χ0) is 20.9. The highest BCUT2D eigenvalue weighted by Crippen LogP contribution is 2.23. The molecule has 0 bridgehead atoms. The van der Waals surface area contributed by atoms with Crippen LogP contribution < -0.4 is 5.32 Å². The minimum Gasteiger partial charge on any atom is -0.464 e. The van der Waals surface area contributed by atoms with Crippen molar-refractivity contribution in [1.82, 2.24) is 4.90 Å². The van der Waals surface area contributed by atoms with Gasteiger partial charge in [-0.3, -0.25) is 14.4 Å². The molecule has 1 aliphatic rings. The molecule has 2 amide bonds. The number of carbonyl (C=O) groups excluding carboxylic acids is 3. The van der Waals surface area contributed by atoms with Gasteiger partial charge in [-0.05, 0) is 49.2 Å². The van der Waals surface area contributed by atoms with Crippen LogP contribution in [0.25, 0.3) is 11.3 Å². The van der Waals surface area contributed by atoms with Crippen molar-refractivity contribution in [2.24, 2.45) is 5.92 Å². The van der Waals surface area contributed by atoms with Gasteiger partial charge >= 0.3 is 0 Å². The molecule has 0 spiro atoms. The Morgan fingerprint density at radius 1 is 0.933 bits per heavy atom. The number of ketones is 1. The molecular formula is C24H22N2O4. The number of benzene rings is 2. The highest BCUT2D eigenvalue weighted by Gasteiger charge is 2.31. The Hall–Kier alpha value is -3.67. The molecule has 4 rings (SSSR count). The van der Waals surface area contributed by atoms with Crippen molar-refractivity contribution >= 4 is 23.3 Å². The van der Waals surface area contributed by atoms with Crippen LogP contribution in [-0.4, -0.2) is 35.6 Å². The van der Waals surface area contributed by atoms with Gasteiger partial charge in [0.1, 0.15) is 5.76 Å². The molecule has 0 saturated carbocycles. The first-order chi connectivity index (χ1) is 14.6. The van der Waals surface area contributed by atoms with Crippen molar-refractivity contribution in [3.05, 3.63) is 78.6 Å². The number of amides is 2. The lowest BCUT2D eigenvalue weighted by molar-refractivity contribution is -0.130. The number of hydrogen-bond donors (Lipinski definition) is 1. The van der Waals surface area contributed by atoms with E-state index in [9.17, 15) is 14.4 Å². The average Bonchev–Trinajstić information content (AvgIpc) is 3.34. The third kappa shape index (κ3) is 4.33. The molecule has 1 aliphatic heterocycles. The summed E-state index contributed by atoms with van der Waals surface area (Å²) in [6.45, 7) is 0.729. The third-order valence-electron chi connectivity index (χ3n) is 5.27. The quantitative estimate of drug-likeness (QED) is 0.517. The van der Waals surface area contributed by atoms with Crippen molar-refractivity contribution in [2.75, 3.05) is 18.4 Å². The zero-order valence-corrected chi connectivity index (χ0v) is 16.4. The highest BCUT2D eigenvalue weighted by atomic mass is 16.3. The van der Waals surface area contributed by atoms with Gasteiger partial charge in [0.05, 0.1) is 12.2 Å². The van der Waals surface area contributed by atoms with E-state index in [-0.39, 0.29) is 18.4 Å². The second-order valence-corrected chi connectivity index (χ2v) is 7.33. The number of nitrogens with zero attached hydrogens (tertiary/aromatic N) is 1. The van der Waals surface area contributed by atoms with Crippen molar-refractivity contribution in [3.63, 3.8) is 0 Å². The molecular weight excluding hydrogens is 380 g/mol. The van der Waals surface area contributed by atoms with Crippen LogP contribution in [-0.2, 0) is 9.59 Å². The van der Waals surface area contributed by atoms with Gasteiger partial charge in [0, 0.05) is 29.9 Å². The Balaban J connectivity index is 1.37. The van der Waals surface area contributed by atoms with Crippen LogP contribution in [0.3, 0.4) is 0 Å². The first-order valence-electron chi connectivity index (χ1n) is 9.95. The number of hydrogen-bond acceptors (Lipinski definition) is 4. The van der Waals surface area contributed by atoms with E-state index in [1.165, 1.54) is 4.90 Å². The van der Waals surface area contributed by atoms with E-state index in [0.717, 1.165) is 11.3 Å². The predicted octanol–water partition coefficient (Wildman–Crippen LogP) is 4.01. The van der Waals surface area contributed by atoms with E-state index in [4.69, 9.17) is 4.42 Å². The minimum absolute atomic E-state index is 0.148. The summed E-state index contributed by atoms with van der Waals surface area (Å²) in [7, 11) is 0. The second-order valence-electron chi connectivity index (χ2n) is 7.33. The number of nitrogens with one attached hydrogen (secondary N) is 1. The molecule has 6 heteroatoms. The van der Waals surface area contributed by atoms with Crippen LogP contribution in [0.2, 0.25) is 0 Å². The van der Waals surface area contributed by atoms with Gasteiger partial charge in [-0.1, -0.05) is 30.3 Å². The third-order valence-corrected chi connectivity index (χ3v) is 5.27. The standard InChI is InChI=1S/C24H22N2O4/c27-22(18-6-2-1-3-7-18)24(29)26-14-4-8-19(16-26)23(28)25-20-12-10-17(11-13-20)21-9-5-15-30-21/h1-3,5-7,9-13,15,19H,4,8,14,16H2,(H,25,28)/t19-/m1/s1. The van der Waals surface area contributed by atoms with Gasteiger partial charge < -0.3 is 14.6 Å². The monoisotopic (exact) mass is 402 g/mol. The van der Waals surface area contributed by atoms with Crippen LogP contribution in [0.1, 0.15) is 23.2 Å². The maximum atomic E-state index is 12.7. The zero-order valence-electron chi connectivity index (χ0n) is 16.4. The topological polar surface area (TPSA) is 79.6 Å². The molecule has 0 unspecified atom stereocenters. The number of likely N-dealkylation sites (tertiary alicyclic amines) is 1. The van der Waals surface area contributed by atoms with Crippen molar-refractivity contribution < 1.29 is 18.8 Å². The summed E-state index contributed by atoms with van der Waals surface area (Å²) >= 11 is 0. The van der Waals surface area contributed by atoms with Gasteiger partial charge in [0.2, 0.25) is 11.7 Å². The lowest BCUT2D eigenvalue weighted by atomic mass is 9.96. The average molecular weight is 402 g/mol. The molecule has 6 nitrogen and oxygen atoms in total. The van der Waals surface area contributed by atoms with E-state index >= 15 is 0 Å². The van der Waals surface area contributed by atoms with Crippen LogP contribution in [0, 0.1) is 5.92 Å². The molecule has 1 N–H and O–H groups in total. The Morgan fingerprint density at radius 3 is 2.40 bits per heavy atom. The van der Waals surface area contributed by atoms with Crippen molar-refractivity contribution in [1.29, 1.82) is 0 Å². The molecule has 1 saturated heterocycles. The summed E-state index contributed by atoms with van der Waals surface area (Å²) in [5.41, 5.74) is 1.97. The summed E-state index contributed by atoms with van der Waals surface area (Å²) in [5.74, 6) is -0.828. The van der Waals surface area contributed by atoms with E-state index < -0.39 is 11.7 Å². The fourth-order valence-corrected chi connectivity index (χ4v) is 3.64. The largest absolute Gasteiger partial charge is 0.464 e. The fourth-order valence-electron chi connectivity index (χ4n) is 3.64. The Kier molecular flexibility index (Phi) is 5.75. The van der Waals surface area contributed by atoms with Crippen LogP contribution in [0.4, 0.5) is 5.69 Å². The molecule has 0 radical (unpaired) electrons. The van der Waals surface area contributed by atoms with Gasteiger partial charge in [-0.25, -0.2) is 0 Å². The number of anilines is 1. The van der Waals surface area contributed by atoms with Gasteiger partial charge in [0.25, 0.3) is 5.91 Å². The highest BCUT2D eigenvalue weighted by molar-refractivity contribution is 6.42. The molecule has 2 aromatic carbocycles. The smallest absolute Gasteiger partial charge is 0.294 e. The number of piperidine rings is 1. The molecule has 0 aliphatic carbocycles. The molecule has 30 heavy (non-hydrogen) atoms. The normalized spacial score (nSPS) is 16.1. The summed E-state index contributed by atoms with van der Waals surface area (Å²) < 4.78 is 5.37. The number of rotatable bonds is 5. The lowest BCUT2D eigenvalue weighted by Gasteiger charge is -2.31. The Labute approximate surface area is 174 Å². The number of Topliss-reactive ketones (excluding diaryl/α,β-unsaturated/α-hetero) is 1. The maximum Gasteiger partial charge on any atom is 0.294 e. The molecule has 1 atom stereocenters. The number of furan rings is 1. The van der Waals surface area contributed by atoms with Crippen LogP contribution in [0.15, 0.2) is 77.4 Å². The van der Waals surface area contributed by atoms with Gasteiger partial charge in [0.15, 0.2) is 0 Å². The molecule has 1 aromatic heterocycles. The van der Waals surface area contributed by atoms with E-state index in [0.29, 0.717) is 30.6 Å². The SMILES string of the molecule is O=C(C(=O)N1CCC[C@@H](C(=O)Nc2ccc(-c3ccco3)cc2)C1)c1ccccc1. The summed E-state index contributed by atoms with van der Waals surface area (Å²) in [6, 6.07) is 19.6. The first kappa shape index (κ1) is 19.6. The Morgan fingerprint density at radius 2 is 1.70 bits per heavy atom. The van der Waals surface area contributed by atoms with Gasteiger partial charge in [-0.2, -0.15) is 0 Å². The fraction of sp³-hybridized carbons (Fsp3) is 0.208. The second kappa shape index (κ2) is 8.78. The molecule has 152 valence electrons. The minimum atomic E-state index is -0.554. The first-order valence-corrected chi connectivity index (χ1v) is 9.95. The van der Waals surface area contributed by atoms with E-state index in [1.54, 1.807) is 36.6 Å². The van der Waals surface area contributed by atoms with Gasteiger partial charge in [-0.15, -0.1) is 0 Å². The summed E-state index contributed by atoms with van der Waals surface area (Å²) in [4.78, 5) is 39.3. The van der Waals surface area contributed by atoms with Crippen LogP contribution >= 0.6 is 0 Å².